The zero-order chi connectivity index (χ0) is 14.2. The minimum absolute atomic E-state index is 0.258. The highest BCUT2D eigenvalue weighted by Crippen LogP contribution is 2.33. The van der Waals surface area contributed by atoms with Gasteiger partial charge in [-0.05, 0) is 30.4 Å². The van der Waals surface area contributed by atoms with Crippen molar-refractivity contribution in [3.05, 3.63) is 24.2 Å². The quantitative estimate of drug-likeness (QED) is 0.803. The largest absolute Gasteiger partial charge is 0.310 e. The summed E-state index contributed by atoms with van der Waals surface area (Å²) in [4.78, 5) is 9.48. The SMILES string of the molecule is CC(C)(C)Cc1nc2cccnc2n1C1CCCCC1. The van der Waals surface area contributed by atoms with E-state index in [0.717, 1.165) is 17.6 Å². The van der Waals surface area contributed by atoms with Gasteiger partial charge in [0.15, 0.2) is 5.65 Å². The smallest absolute Gasteiger partial charge is 0.160 e. The molecule has 0 aliphatic heterocycles. The summed E-state index contributed by atoms with van der Waals surface area (Å²) in [5.41, 5.74) is 2.39. The van der Waals surface area contributed by atoms with Gasteiger partial charge in [0, 0.05) is 18.7 Å². The Balaban J connectivity index is 2.07. The average Bonchev–Trinajstić information content (AvgIpc) is 2.75. The lowest BCUT2D eigenvalue weighted by atomic mass is 9.91. The van der Waals surface area contributed by atoms with Crippen LogP contribution in [0.25, 0.3) is 11.2 Å². The highest BCUT2D eigenvalue weighted by Gasteiger charge is 2.24. The third-order valence-electron chi connectivity index (χ3n) is 4.15. The van der Waals surface area contributed by atoms with Crippen LogP contribution in [0.1, 0.15) is 64.7 Å². The van der Waals surface area contributed by atoms with E-state index in [4.69, 9.17) is 4.98 Å². The summed E-state index contributed by atoms with van der Waals surface area (Å²) in [6, 6.07) is 4.68. The Hall–Kier alpha value is -1.38. The van der Waals surface area contributed by atoms with Crippen molar-refractivity contribution in [2.45, 2.75) is 65.3 Å². The van der Waals surface area contributed by atoms with Crippen LogP contribution in [0.4, 0.5) is 0 Å². The Morgan fingerprint density at radius 2 is 1.95 bits per heavy atom. The number of rotatable bonds is 2. The number of aromatic nitrogens is 3. The minimum atomic E-state index is 0.258. The van der Waals surface area contributed by atoms with Crippen molar-refractivity contribution >= 4 is 11.2 Å². The van der Waals surface area contributed by atoms with Gasteiger partial charge in [0.1, 0.15) is 11.3 Å². The van der Waals surface area contributed by atoms with Crippen LogP contribution in [-0.2, 0) is 6.42 Å². The molecule has 0 radical (unpaired) electrons. The van der Waals surface area contributed by atoms with Crippen LogP contribution < -0.4 is 0 Å². The highest BCUT2D eigenvalue weighted by atomic mass is 15.2. The Labute approximate surface area is 121 Å². The van der Waals surface area contributed by atoms with Crippen LogP contribution in [0, 0.1) is 5.41 Å². The molecule has 1 fully saturated rings. The lowest BCUT2D eigenvalue weighted by Crippen LogP contribution is -2.19. The third-order valence-corrected chi connectivity index (χ3v) is 4.15. The maximum Gasteiger partial charge on any atom is 0.160 e. The first kappa shape index (κ1) is 13.6. The summed E-state index contributed by atoms with van der Waals surface area (Å²) in [7, 11) is 0. The Morgan fingerprint density at radius 1 is 1.20 bits per heavy atom. The van der Waals surface area contributed by atoms with Crippen molar-refractivity contribution in [3.63, 3.8) is 0 Å². The van der Waals surface area contributed by atoms with Crippen LogP contribution >= 0.6 is 0 Å². The van der Waals surface area contributed by atoms with Crippen LogP contribution in [0.5, 0.6) is 0 Å². The molecular formula is C17H25N3. The lowest BCUT2D eigenvalue weighted by Gasteiger charge is -2.27. The number of hydrogen-bond donors (Lipinski definition) is 0. The molecule has 0 atom stereocenters. The van der Waals surface area contributed by atoms with E-state index < -0.39 is 0 Å². The van der Waals surface area contributed by atoms with E-state index >= 15 is 0 Å². The molecular weight excluding hydrogens is 246 g/mol. The molecule has 2 aromatic heterocycles. The van der Waals surface area contributed by atoms with E-state index in [1.54, 1.807) is 0 Å². The number of fused-ring (bicyclic) bond motifs is 1. The van der Waals surface area contributed by atoms with Crippen molar-refractivity contribution in [3.8, 4) is 0 Å². The predicted molar refractivity (Wildman–Crippen MR) is 82.8 cm³/mol. The number of hydrogen-bond acceptors (Lipinski definition) is 2. The fraction of sp³-hybridized carbons (Fsp3) is 0.647. The molecule has 1 aliphatic rings. The molecule has 3 nitrogen and oxygen atoms in total. The molecule has 0 bridgehead atoms. The van der Waals surface area contributed by atoms with E-state index in [1.807, 2.05) is 12.3 Å². The molecule has 3 heteroatoms. The number of pyridine rings is 1. The van der Waals surface area contributed by atoms with Crippen molar-refractivity contribution < 1.29 is 0 Å². The van der Waals surface area contributed by atoms with E-state index in [1.165, 1.54) is 37.9 Å². The van der Waals surface area contributed by atoms with E-state index in [0.29, 0.717) is 6.04 Å². The van der Waals surface area contributed by atoms with Gasteiger partial charge in [0.2, 0.25) is 0 Å². The van der Waals surface area contributed by atoms with Gasteiger partial charge >= 0.3 is 0 Å². The second-order valence-electron chi connectivity index (χ2n) is 7.27. The van der Waals surface area contributed by atoms with E-state index in [2.05, 4.69) is 36.4 Å². The van der Waals surface area contributed by atoms with Gasteiger partial charge in [-0.15, -0.1) is 0 Å². The predicted octanol–water partition coefficient (Wildman–Crippen LogP) is 4.53. The molecule has 1 saturated carbocycles. The molecule has 0 N–H and O–H groups in total. The van der Waals surface area contributed by atoms with Crippen LogP contribution in [0.15, 0.2) is 18.3 Å². The second-order valence-corrected chi connectivity index (χ2v) is 7.27. The Bertz CT molecular complexity index is 586. The topological polar surface area (TPSA) is 30.7 Å². The number of imidazole rings is 1. The minimum Gasteiger partial charge on any atom is -0.310 e. The highest BCUT2D eigenvalue weighted by molar-refractivity contribution is 5.71. The molecule has 20 heavy (non-hydrogen) atoms. The van der Waals surface area contributed by atoms with E-state index in [-0.39, 0.29) is 5.41 Å². The molecule has 2 heterocycles. The molecule has 0 saturated heterocycles. The fourth-order valence-corrected chi connectivity index (χ4v) is 3.30. The molecule has 1 aliphatic carbocycles. The van der Waals surface area contributed by atoms with Gasteiger partial charge in [-0.1, -0.05) is 40.0 Å². The van der Waals surface area contributed by atoms with Gasteiger partial charge in [0.25, 0.3) is 0 Å². The lowest BCUT2D eigenvalue weighted by molar-refractivity contribution is 0.331. The van der Waals surface area contributed by atoms with Crippen LogP contribution in [0.3, 0.4) is 0 Å². The van der Waals surface area contributed by atoms with Crippen molar-refractivity contribution in [1.29, 1.82) is 0 Å². The maximum atomic E-state index is 4.87. The molecule has 108 valence electrons. The Morgan fingerprint density at radius 3 is 2.65 bits per heavy atom. The summed E-state index contributed by atoms with van der Waals surface area (Å²) in [5.74, 6) is 1.22. The summed E-state index contributed by atoms with van der Waals surface area (Å²) >= 11 is 0. The first-order valence-electron chi connectivity index (χ1n) is 7.86. The summed E-state index contributed by atoms with van der Waals surface area (Å²) in [6.07, 6.45) is 9.52. The summed E-state index contributed by atoms with van der Waals surface area (Å²) in [6.45, 7) is 6.85. The molecule has 0 aromatic carbocycles. The maximum absolute atomic E-state index is 4.87. The molecule has 0 amide bonds. The van der Waals surface area contributed by atoms with Crippen molar-refractivity contribution in [1.82, 2.24) is 14.5 Å². The second kappa shape index (κ2) is 5.19. The first-order chi connectivity index (χ1) is 9.54. The van der Waals surface area contributed by atoms with Gasteiger partial charge in [-0.3, -0.25) is 0 Å². The van der Waals surface area contributed by atoms with Crippen LogP contribution in [-0.4, -0.2) is 14.5 Å². The van der Waals surface area contributed by atoms with Gasteiger partial charge < -0.3 is 4.57 Å². The zero-order valence-corrected chi connectivity index (χ0v) is 12.9. The monoisotopic (exact) mass is 271 g/mol. The summed E-state index contributed by atoms with van der Waals surface area (Å²) in [5, 5.41) is 0. The van der Waals surface area contributed by atoms with Gasteiger partial charge in [0.05, 0.1) is 0 Å². The average molecular weight is 271 g/mol. The molecule has 0 spiro atoms. The van der Waals surface area contributed by atoms with Crippen LogP contribution in [0.2, 0.25) is 0 Å². The molecule has 2 aromatic rings. The number of nitrogens with zero attached hydrogens (tertiary/aromatic N) is 3. The van der Waals surface area contributed by atoms with Crippen molar-refractivity contribution in [2.75, 3.05) is 0 Å². The standard InChI is InChI=1S/C17H25N3/c1-17(2,3)12-15-19-14-10-7-11-18-16(14)20(15)13-8-5-4-6-9-13/h7,10-11,13H,4-6,8-9,12H2,1-3H3. The van der Waals surface area contributed by atoms with Gasteiger partial charge in [-0.2, -0.15) is 0 Å². The van der Waals surface area contributed by atoms with Crippen molar-refractivity contribution in [2.24, 2.45) is 5.41 Å². The molecule has 0 unspecified atom stereocenters. The Kier molecular flexibility index (Phi) is 3.53. The zero-order valence-electron chi connectivity index (χ0n) is 12.9. The summed E-state index contributed by atoms with van der Waals surface area (Å²) < 4.78 is 2.44. The van der Waals surface area contributed by atoms with Gasteiger partial charge in [-0.25, -0.2) is 9.97 Å². The van der Waals surface area contributed by atoms with E-state index in [9.17, 15) is 0 Å². The fourth-order valence-electron chi connectivity index (χ4n) is 3.30. The first-order valence-corrected chi connectivity index (χ1v) is 7.86. The third kappa shape index (κ3) is 2.72. The molecule has 3 rings (SSSR count). The normalized spacial score (nSPS) is 17.8.